The summed E-state index contributed by atoms with van der Waals surface area (Å²) in [5.41, 5.74) is 0. The van der Waals surface area contributed by atoms with Crippen molar-refractivity contribution in [1.29, 1.82) is 0 Å². The molecular weight excluding hydrogens is 180 g/mol. The minimum atomic E-state index is -0.483. The maximum Gasteiger partial charge on any atom is 0.163 e. The molecule has 0 spiro atoms. The molecule has 0 bridgehead atoms. The number of rotatable bonds is 5. The zero-order chi connectivity index (χ0) is 10.6. The van der Waals surface area contributed by atoms with Crippen molar-refractivity contribution < 1.29 is 14.6 Å². The summed E-state index contributed by atoms with van der Waals surface area (Å²) in [6.07, 6.45) is 3.79. The van der Waals surface area contributed by atoms with Gasteiger partial charge in [-0.1, -0.05) is 6.08 Å². The number of aliphatic hydroxyl groups is 1. The van der Waals surface area contributed by atoms with Gasteiger partial charge in [-0.05, 0) is 26.7 Å². The molecule has 14 heavy (non-hydrogen) atoms. The standard InChI is InChI=1S/C11H20O3/c1-4-5-6-9(12)7-10-8-13-11(2,3)14-10/h4,9-10,12H,1,5-8H2,2-3H3/t9-,10+/m1/s1. The molecule has 0 unspecified atom stereocenters. The molecule has 3 nitrogen and oxygen atoms in total. The van der Waals surface area contributed by atoms with E-state index in [0.717, 1.165) is 12.8 Å². The molecule has 1 heterocycles. The van der Waals surface area contributed by atoms with E-state index in [1.807, 2.05) is 19.9 Å². The first-order valence-corrected chi connectivity index (χ1v) is 5.14. The summed E-state index contributed by atoms with van der Waals surface area (Å²) in [7, 11) is 0. The second kappa shape index (κ2) is 4.91. The molecule has 0 aliphatic carbocycles. The van der Waals surface area contributed by atoms with Crippen LogP contribution in [0.2, 0.25) is 0 Å². The van der Waals surface area contributed by atoms with Crippen molar-refractivity contribution in [3.05, 3.63) is 12.7 Å². The van der Waals surface area contributed by atoms with Gasteiger partial charge in [0.1, 0.15) is 0 Å². The van der Waals surface area contributed by atoms with Gasteiger partial charge in [-0.2, -0.15) is 0 Å². The van der Waals surface area contributed by atoms with Crippen LogP contribution in [-0.2, 0) is 9.47 Å². The van der Waals surface area contributed by atoms with Crippen molar-refractivity contribution >= 4 is 0 Å². The summed E-state index contributed by atoms with van der Waals surface area (Å²) >= 11 is 0. The first-order chi connectivity index (χ1) is 6.53. The molecule has 0 saturated carbocycles. The molecule has 0 aromatic carbocycles. The van der Waals surface area contributed by atoms with Gasteiger partial charge in [-0.15, -0.1) is 6.58 Å². The van der Waals surface area contributed by atoms with Gasteiger partial charge in [0.25, 0.3) is 0 Å². The zero-order valence-electron chi connectivity index (χ0n) is 9.03. The van der Waals surface area contributed by atoms with E-state index < -0.39 is 5.79 Å². The minimum absolute atomic E-state index is 0.0322. The average Bonchev–Trinajstić information content (AvgIpc) is 2.42. The van der Waals surface area contributed by atoms with Crippen LogP contribution in [0, 0.1) is 0 Å². The van der Waals surface area contributed by atoms with Crippen LogP contribution < -0.4 is 0 Å². The van der Waals surface area contributed by atoms with E-state index in [0.29, 0.717) is 13.0 Å². The second-order valence-corrected chi connectivity index (χ2v) is 4.21. The van der Waals surface area contributed by atoms with Crippen LogP contribution in [0.25, 0.3) is 0 Å². The van der Waals surface area contributed by atoms with E-state index in [1.165, 1.54) is 0 Å². The van der Waals surface area contributed by atoms with Crippen molar-refractivity contribution in [3.63, 3.8) is 0 Å². The fourth-order valence-electron chi connectivity index (χ4n) is 1.61. The van der Waals surface area contributed by atoms with Crippen molar-refractivity contribution in [2.75, 3.05) is 6.61 Å². The molecule has 82 valence electrons. The van der Waals surface area contributed by atoms with Crippen LogP contribution in [0.4, 0.5) is 0 Å². The third-order valence-electron chi connectivity index (χ3n) is 2.31. The van der Waals surface area contributed by atoms with Gasteiger partial charge < -0.3 is 14.6 Å². The predicted octanol–water partition coefficient (Wildman–Crippen LogP) is 1.86. The molecule has 1 fully saturated rings. The number of allylic oxidation sites excluding steroid dienone is 1. The highest BCUT2D eigenvalue weighted by atomic mass is 16.7. The van der Waals surface area contributed by atoms with Crippen LogP contribution in [0.3, 0.4) is 0 Å². The molecular formula is C11H20O3. The monoisotopic (exact) mass is 200 g/mol. The summed E-state index contributed by atoms with van der Waals surface area (Å²) in [6.45, 7) is 7.99. The fourth-order valence-corrected chi connectivity index (χ4v) is 1.61. The summed E-state index contributed by atoms with van der Waals surface area (Å²) in [6, 6.07) is 0. The number of hydrogen-bond donors (Lipinski definition) is 1. The van der Waals surface area contributed by atoms with Gasteiger partial charge in [-0.25, -0.2) is 0 Å². The largest absolute Gasteiger partial charge is 0.393 e. The first kappa shape index (κ1) is 11.7. The average molecular weight is 200 g/mol. The van der Waals surface area contributed by atoms with Crippen molar-refractivity contribution in [3.8, 4) is 0 Å². The predicted molar refractivity (Wildman–Crippen MR) is 55.0 cm³/mol. The van der Waals surface area contributed by atoms with Crippen LogP contribution in [0.5, 0.6) is 0 Å². The van der Waals surface area contributed by atoms with Gasteiger partial charge in [0.05, 0.1) is 18.8 Å². The highest BCUT2D eigenvalue weighted by Gasteiger charge is 2.33. The lowest BCUT2D eigenvalue weighted by molar-refractivity contribution is -0.141. The maximum atomic E-state index is 9.63. The van der Waals surface area contributed by atoms with Gasteiger partial charge in [0.2, 0.25) is 0 Å². The molecule has 3 heteroatoms. The van der Waals surface area contributed by atoms with Crippen LogP contribution in [0.1, 0.15) is 33.1 Å². The quantitative estimate of drug-likeness (QED) is 0.688. The van der Waals surface area contributed by atoms with Crippen molar-refractivity contribution in [1.82, 2.24) is 0 Å². The van der Waals surface area contributed by atoms with E-state index in [4.69, 9.17) is 9.47 Å². The molecule has 1 aliphatic heterocycles. The van der Waals surface area contributed by atoms with Gasteiger partial charge in [-0.3, -0.25) is 0 Å². The van der Waals surface area contributed by atoms with Gasteiger partial charge >= 0.3 is 0 Å². The zero-order valence-corrected chi connectivity index (χ0v) is 9.03. The number of aliphatic hydroxyl groups excluding tert-OH is 1. The summed E-state index contributed by atoms with van der Waals surface area (Å²) in [4.78, 5) is 0. The SMILES string of the molecule is C=CCC[C@@H](O)C[C@H]1COC(C)(C)O1. The van der Waals surface area contributed by atoms with Gasteiger partial charge in [0, 0.05) is 6.42 Å². The Morgan fingerprint density at radius 1 is 1.64 bits per heavy atom. The smallest absolute Gasteiger partial charge is 0.163 e. The summed E-state index contributed by atoms with van der Waals surface area (Å²) < 4.78 is 11.0. The van der Waals surface area contributed by atoms with E-state index in [9.17, 15) is 5.11 Å². The maximum absolute atomic E-state index is 9.63. The Hall–Kier alpha value is -0.380. The third-order valence-corrected chi connectivity index (χ3v) is 2.31. The molecule has 1 aliphatic rings. The normalized spacial score (nSPS) is 27.5. The lowest BCUT2D eigenvalue weighted by atomic mass is 10.1. The molecule has 2 atom stereocenters. The molecule has 0 aromatic heterocycles. The van der Waals surface area contributed by atoms with Crippen LogP contribution in [0.15, 0.2) is 12.7 Å². The van der Waals surface area contributed by atoms with Crippen molar-refractivity contribution in [2.45, 2.75) is 51.1 Å². The van der Waals surface area contributed by atoms with E-state index in [2.05, 4.69) is 6.58 Å². The van der Waals surface area contributed by atoms with Gasteiger partial charge in [0.15, 0.2) is 5.79 Å². The Morgan fingerprint density at radius 2 is 2.36 bits per heavy atom. The Morgan fingerprint density at radius 3 is 2.86 bits per heavy atom. The molecule has 1 saturated heterocycles. The Bertz CT molecular complexity index is 189. The fraction of sp³-hybridized carbons (Fsp3) is 0.818. The highest BCUT2D eigenvalue weighted by Crippen LogP contribution is 2.25. The highest BCUT2D eigenvalue weighted by molar-refractivity contribution is 4.76. The summed E-state index contributed by atoms with van der Waals surface area (Å²) in [5.74, 6) is -0.483. The van der Waals surface area contributed by atoms with E-state index in [1.54, 1.807) is 0 Å². The molecule has 0 amide bonds. The molecule has 0 aromatic rings. The Kier molecular flexibility index (Phi) is 4.11. The second-order valence-electron chi connectivity index (χ2n) is 4.21. The summed E-state index contributed by atoms with van der Waals surface area (Å²) in [5, 5.41) is 9.63. The molecule has 1 rings (SSSR count). The Labute approximate surface area is 85.7 Å². The van der Waals surface area contributed by atoms with E-state index in [-0.39, 0.29) is 12.2 Å². The van der Waals surface area contributed by atoms with E-state index >= 15 is 0 Å². The minimum Gasteiger partial charge on any atom is -0.393 e. The third kappa shape index (κ3) is 3.78. The van der Waals surface area contributed by atoms with Crippen LogP contribution in [-0.4, -0.2) is 29.7 Å². The van der Waals surface area contributed by atoms with Crippen molar-refractivity contribution in [2.24, 2.45) is 0 Å². The lowest BCUT2D eigenvalue weighted by Gasteiger charge is -2.18. The Balaban J connectivity index is 2.21. The lowest BCUT2D eigenvalue weighted by Crippen LogP contribution is -2.24. The molecule has 1 N–H and O–H groups in total. The topological polar surface area (TPSA) is 38.7 Å². The molecule has 0 radical (unpaired) electrons. The first-order valence-electron chi connectivity index (χ1n) is 5.14. The number of hydrogen-bond acceptors (Lipinski definition) is 3. The van der Waals surface area contributed by atoms with Crippen LogP contribution >= 0.6 is 0 Å². The number of ether oxygens (including phenoxy) is 2.